The Bertz CT molecular complexity index is 535. The Balaban J connectivity index is 1.82. The summed E-state index contributed by atoms with van der Waals surface area (Å²) >= 11 is 0. The normalized spacial score (nSPS) is 10.4. The molecular weight excluding hydrogens is 250 g/mol. The van der Waals surface area contributed by atoms with Crippen LogP contribution in [-0.4, -0.2) is 17.6 Å². The van der Waals surface area contributed by atoms with Gasteiger partial charge in [-0.05, 0) is 29.7 Å². The zero-order valence-corrected chi connectivity index (χ0v) is 11.4. The Morgan fingerprint density at radius 2 is 1.60 bits per heavy atom. The van der Waals surface area contributed by atoms with Gasteiger partial charge in [-0.1, -0.05) is 54.6 Å². The Morgan fingerprint density at radius 3 is 2.25 bits per heavy atom. The fraction of sp³-hybridized carbons (Fsp3) is 0.235. The van der Waals surface area contributed by atoms with Crippen LogP contribution in [-0.2, 0) is 11.3 Å². The molecule has 2 aromatic rings. The van der Waals surface area contributed by atoms with E-state index in [4.69, 9.17) is 5.11 Å². The van der Waals surface area contributed by atoms with Crippen molar-refractivity contribution in [3.05, 3.63) is 60.2 Å². The van der Waals surface area contributed by atoms with Gasteiger partial charge in [-0.15, -0.1) is 0 Å². The molecule has 0 aliphatic carbocycles. The van der Waals surface area contributed by atoms with Crippen molar-refractivity contribution in [1.82, 2.24) is 5.32 Å². The van der Waals surface area contributed by atoms with Crippen molar-refractivity contribution in [1.29, 1.82) is 0 Å². The van der Waals surface area contributed by atoms with E-state index in [1.165, 1.54) is 16.7 Å². The average Bonchev–Trinajstić information content (AvgIpc) is 2.48. The minimum Gasteiger partial charge on any atom is -0.481 e. The van der Waals surface area contributed by atoms with Gasteiger partial charge in [-0.3, -0.25) is 4.79 Å². The van der Waals surface area contributed by atoms with Gasteiger partial charge in [0.25, 0.3) is 0 Å². The standard InChI is InChI=1S/C17H19NO2/c19-17(20)7-4-12-18-13-14-8-10-16(11-9-14)15-5-2-1-3-6-15/h1-3,5-6,8-11,18H,4,7,12-13H2,(H,19,20). The Hall–Kier alpha value is -2.13. The van der Waals surface area contributed by atoms with Crippen molar-refractivity contribution in [2.45, 2.75) is 19.4 Å². The second-order valence-electron chi connectivity index (χ2n) is 4.74. The van der Waals surface area contributed by atoms with E-state index < -0.39 is 5.97 Å². The van der Waals surface area contributed by atoms with Crippen molar-refractivity contribution in [3.8, 4) is 11.1 Å². The summed E-state index contributed by atoms with van der Waals surface area (Å²) in [6.45, 7) is 1.50. The summed E-state index contributed by atoms with van der Waals surface area (Å²) in [5, 5.41) is 11.8. The number of benzene rings is 2. The lowest BCUT2D eigenvalue weighted by Gasteiger charge is -2.06. The summed E-state index contributed by atoms with van der Waals surface area (Å²) in [6.07, 6.45) is 0.886. The molecule has 0 saturated carbocycles. The summed E-state index contributed by atoms with van der Waals surface area (Å²) in [5.74, 6) is -0.737. The molecule has 2 N–H and O–H groups in total. The number of hydrogen-bond acceptors (Lipinski definition) is 2. The van der Waals surface area contributed by atoms with Gasteiger partial charge in [0, 0.05) is 13.0 Å². The fourth-order valence-electron chi connectivity index (χ4n) is 2.04. The first-order valence-corrected chi connectivity index (χ1v) is 6.82. The molecule has 0 radical (unpaired) electrons. The molecule has 0 heterocycles. The molecule has 0 amide bonds. The van der Waals surface area contributed by atoms with Crippen LogP contribution in [0.3, 0.4) is 0 Å². The Kier molecular flexibility index (Phi) is 5.33. The molecular formula is C17H19NO2. The highest BCUT2D eigenvalue weighted by molar-refractivity contribution is 5.66. The van der Waals surface area contributed by atoms with Gasteiger partial charge in [0.2, 0.25) is 0 Å². The van der Waals surface area contributed by atoms with E-state index in [0.717, 1.165) is 13.1 Å². The highest BCUT2D eigenvalue weighted by Gasteiger charge is 1.98. The first-order chi connectivity index (χ1) is 9.75. The second kappa shape index (κ2) is 7.46. The predicted octanol–water partition coefficient (Wildman–Crippen LogP) is 3.31. The second-order valence-corrected chi connectivity index (χ2v) is 4.74. The molecule has 0 aromatic heterocycles. The van der Waals surface area contributed by atoms with E-state index in [1.807, 2.05) is 18.2 Å². The Morgan fingerprint density at radius 1 is 0.950 bits per heavy atom. The van der Waals surface area contributed by atoms with Crippen molar-refractivity contribution in [2.24, 2.45) is 0 Å². The molecule has 2 aromatic carbocycles. The van der Waals surface area contributed by atoms with Crippen LogP contribution in [0.5, 0.6) is 0 Å². The van der Waals surface area contributed by atoms with Crippen LogP contribution in [0.15, 0.2) is 54.6 Å². The van der Waals surface area contributed by atoms with E-state index in [1.54, 1.807) is 0 Å². The van der Waals surface area contributed by atoms with Crippen LogP contribution >= 0.6 is 0 Å². The minimum atomic E-state index is -0.737. The highest BCUT2D eigenvalue weighted by Crippen LogP contribution is 2.19. The first-order valence-electron chi connectivity index (χ1n) is 6.82. The summed E-state index contributed by atoms with van der Waals surface area (Å²) in [6, 6.07) is 18.7. The van der Waals surface area contributed by atoms with Gasteiger partial charge >= 0.3 is 5.97 Å². The summed E-state index contributed by atoms with van der Waals surface area (Å²) in [5.41, 5.74) is 3.63. The molecule has 20 heavy (non-hydrogen) atoms. The Labute approximate surface area is 119 Å². The lowest BCUT2D eigenvalue weighted by Crippen LogP contribution is -2.15. The smallest absolute Gasteiger partial charge is 0.303 e. The van der Waals surface area contributed by atoms with Gasteiger partial charge in [0.1, 0.15) is 0 Å². The number of carboxylic acids is 1. The number of carbonyl (C=O) groups is 1. The van der Waals surface area contributed by atoms with Gasteiger partial charge in [0.15, 0.2) is 0 Å². The molecule has 0 bridgehead atoms. The molecule has 104 valence electrons. The molecule has 0 saturated heterocycles. The third-order valence-electron chi connectivity index (χ3n) is 3.13. The number of aliphatic carboxylic acids is 1. The molecule has 2 rings (SSSR count). The van der Waals surface area contributed by atoms with Crippen LogP contribution in [0.4, 0.5) is 0 Å². The van der Waals surface area contributed by atoms with Crippen LogP contribution in [0.1, 0.15) is 18.4 Å². The number of hydrogen-bond donors (Lipinski definition) is 2. The predicted molar refractivity (Wildman–Crippen MR) is 80.5 cm³/mol. The zero-order chi connectivity index (χ0) is 14.2. The maximum atomic E-state index is 10.4. The van der Waals surface area contributed by atoms with E-state index in [2.05, 4.69) is 41.7 Å². The quantitative estimate of drug-likeness (QED) is 0.758. The van der Waals surface area contributed by atoms with E-state index in [9.17, 15) is 4.79 Å². The fourth-order valence-corrected chi connectivity index (χ4v) is 2.04. The molecule has 3 heteroatoms. The zero-order valence-electron chi connectivity index (χ0n) is 11.4. The van der Waals surface area contributed by atoms with E-state index in [0.29, 0.717) is 6.42 Å². The summed E-state index contributed by atoms with van der Waals surface area (Å²) in [7, 11) is 0. The van der Waals surface area contributed by atoms with Gasteiger partial charge in [-0.2, -0.15) is 0 Å². The van der Waals surface area contributed by atoms with Gasteiger partial charge < -0.3 is 10.4 Å². The maximum absolute atomic E-state index is 10.4. The van der Waals surface area contributed by atoms with Crippen molar-refractivity contribution in [2.75, 3.05) is 6.54 Å². The van der Waals surface area contributed by atoms with Crippen LogP contribution < -0.4 is 5.32 Å². The lowest BCUT2D eigenvalue weighted by molar-refractivity contribution is -0.137. The molecule has 0 aliphatic heterocycles. The molecule has 0 spiro atoms. The van der Waals surface area contributed by atoms with Crippen molar-refractivity contribution in [3.63, 3.8) is 0 Å². The molecule has 0 fully saturated rings. The van der Waals surface area contributed by atoms with Crippen molar-refractivity contribution >= 4 is 5.97 Å². The number of carboxylic acid groups (broad SMARTS) is 1. The number of nitrogens with one attached hydrogen (secondary N) is 1. The van der Waals surface area contributed by atoms with Crippen LogP contribution in [0, 0.1) is 0 Å². The molecule has 0 atom stereocenters. The van der Waals surface area contributed by atoms with Crippen LogP contribution in [0.2, 0.25) is 0 Å². The largest absolute Gasteiger partial charge is 0.481 e. The SMILES string of the molecule is O=C(O)CCCNCc1ccc(-c2ccccc2)cc1. The third-order valence-corrected chi connectivity index (χ3v) is 3.13. The lowest BCUT2D eigenvalue weighted by atomic mass is 10.0. The topological polar surface area (TPSA) is 49.3 Å². The average molecular weight is 269 g/mol. The summed E-state index contributed by atoms with van der Waals surface area (Å²) in [4.78, 5) is 10.4. The third kappa shape index (κ3) is 4.52. The minimum absolute atomic E-state index is 0.222. The van der Waals surface area contributed by atoms with Gasteiger partial charge in [0.05, 0.1) is 0 Å². The van der Waals surface area contributed by atoms with E-state index >= 15 is 0 Å². The molecule has 0 aliphatic rings. The monoisotopic (exact) mass is 269 g/mol. The maximum Gasteiger partial charge on any atom is 0.303 e. The van der Waals surface area contributed by atoms with E-state index in [-0.39, 0.29) is 6.42 Å². The summed E-state index contributed by atoms with van der Waals surface area (Å²) < 4.78 is 0. The first kappa shape index (κ1) is 14.3. The molecule has 0 unspecified atom stereocenters. The molecule has 3 nitrogen and oxygen atoms in total. The van der Waals surface area contributed by atoms with Gasteiger partial charge in [-0.25, -0.2) is 0 Å². The number of rotatable bonds is 7. The van der Waals surface area contributed by atoms with Crippen LogP contribution in [0.25, 0.3) is 11.1 Å². The highest BCUT2D eigenvalue weighted by atomic mass is 16.4. The van der Waals surface area contributed by atoms with Crippen molar-refractivity contribution < 1.29 is 9.90 Å².